The zero-order valence-corrected chi connectivity index (χ0v) is 69.0. The van der Waals surface area contributed by atoms with Gasteiger partial charge in [-0.2, -0.15) is 0 Å². The maximum atomic E-state index is 5.99. The summed E-state index contributed by atoms with van der Waals surface area (Å²) in [6.45, 7) is 16.6. The maximum Gasteiger partial charge on any atom is 0.0576 e. The van der Waals surface area contributed by atoms with Crippen molar-refractivity contribution in [3.05, 3.63) is 72.3 Å². The van der Waals surface area contributed by atoms with Crippen LogP contribution in [0.15, 0.2) is 66.7 Å². The minimum Gasteiger partial charge on any atom is -0.381 e. The van der Waals surface area contributed by atoms with E-state index in [2.05, 4.69) is 60.6 Å². The summed E-state index contributed by atoms with van der Waals surface area (Å²) >= 11 is 0. The molecule has 0 heterocycles. The van der Waals surface area contributed by atoms with Gasteiger partial charge in [-0.1, -0.05) is 326 Å². The molecule has 8 unspecified atom stereocenters. The number of rotatable bonds is 6. The maximum absolute atomic E-state index is 5.99. The predicted molar refractivity (Wildman–Crippen MR) is 356 cm³/mol. The van der Waals surface area contributed by atoms with Crippen molar-refractivity contribution >= 4 is 0 Å². The van der Waals surface area contributed by atoms with E-state index in [4.69, 9.17) is 9.47 Å². The van der Waals surface area contributed by atoms with Crippen LogP contribution in [0.2, 0.25) is 0 Å². The molecule has 6 heteroatoms. The Balaban J connectivity index is 0.000000524. The average molecular weight is 1860 g/mol. The molecule has 0 aliphatic heterocycles. The normalized spacial score (nSPS) is 29.0. The van der Waals surface area contributed by atoms with E-state index in [1.165, 1.54) is 224 Å². The first-order valence-corrected chi connectivity index (χ1v) is 36.6. The SMILES string of the molecule is CC1CCC(C2CCCC2)CC(C)CC(C2CCCC2)C1.CC1CCCC1.CC1CCCC1.CC1CCCC1.CC1CCCC1.COC1CCC(C2CCCC2)CC(OC)CC(C2CCCC2)C1.Cc1ccccc1.[W].[W].[W].[W].c1ccccc1. The molecule has 490 valence electrons. The van der Waals surface area contributed by atoms with E-state index in [0.29, 0.717) is 12.2 Å². The van der Waals surface area contributed by atoms with Crippen molar-refractivity contribution in [2.24, 2.45) is 82.9 Å². The molecule has 10 fully saturated rings. The summed E-state index contributed by atoms with van der Waals surface area (Å²) in [6.07, 6.45) is 62.9. The van der Waals surface area contributed by atoms with E-state index >= 15 is 0 Å². The Kier molecular flexibility index (Phi) is 51.9. The van der Waals surface area contributed by atoms with Crippen molar-refractivity contribution in [1.82, 2.24) is 0 Å². The van der Waals surface area contributed by atoms with Crippen LogP contribution in [-0.4, -0.2) is 26.4 Å². The van der Waals surface area contributed by atoms with Crippen molar-refractivity contribution in [1.29, 1.82) is 0 Å². The number of methoxy groups -OCH3 is 2. The fraction of sp³-hybridized carbons (Fsp3) is 0.848. The van der Waals surface area contributed by atoms with Crippen molar-refractivity contribution in [3.8, 4) is 0 Å². The first kappa shape index (κ1) is 84.1. The van der Waals surface area contributed by atoms with Gasteiger partial charge in [0, 0.05) is 98.5 Å². The molecule has 2 nitrogen and oxygen atoms in total. The van der Waals surface area contributed by atoms with E-state index < -0.39 is 0 Å². The average Bonchev–Trinajstić information content (AvgIpc) is 4.45. The standard InChI is InChI=1S/C21H38O2.C21H38.C7H8.4C6H12.C6H6.4W/c1-22-20-12-11-18(16-7-3-4-8-16)13-21(23-2)15-19(14-20)17-9-5-6-10-17;1-16-11-12-20(18-7-3-4-8-18)14-17(2)15-21(13-16)19-9-5-6-10-19;1-7-5-3-2-4-6-7;4*1-6-4-2-3-5-6;1-2-4-6-5-3-1;;;;/h16-21H,3-15H2,1-2H3;16-21H,3-15H2,1-2H3;2-6H,1H3;4*6H,2-5H2,1H3;1-6H;;;;. The molecule has 10 saturated carbocycles. The molecule has 85 heavy (non-hydrogen) atoms. The van der Waals surface area contributed by atoms with Crippen LogP contribution in [0.3, 0.4) is 0 Å². The van der Waals surface area contributed by atoms with Gasteiger partial charge in [-0.3, -0.25) is 0 Å². The van der Waals surface area contributed by atoms with Crippen LogP contribution >= 0.6 is 0 Å². The first-order valence-electron chi connectivity index (χ1n) is 36.6. The molecule has 0 N–H and O–H groups in total. The molecule has 0 aromatic heterocycles. The Morgan fingerprint density at radius 2 is 0.482 bits per heavy atom. The van der Waals surface area contributed by atoms with Gasteiger partial charge in [0.2, 0.25) is 0 Å². The summed E-state index contributed by atoms with van der Waals surface area (Å²) in [5.41, 5.74) is 1.32. The zero-order chi connectivity index (χ0) is 57.7. The second-order valence-electron chi connectivity index (χ2n) is 30.1. The van der Waals surface area contributed by atoms with Crippen molar-refractivity contribution in [3.63, 3.8) is 0 Å². The Morgan fingerprint density at radius 1 is 0.235 bits per heavy atom. The number of hydrogen-bond acceptors (Lipinski definition) is 2. The molecule has 2 aromatic rings. The van der Waals surface area contributed by atoms with E-state index in [0.717, 1.165) is 82.9 Å². The zero-order valence-electron chi connectivity index (χ0n) is 57.2. The van der Waals surface area contributed by atoms with Crippen molar-refractivity contribution < 1.29 is 93.7 Å². The summed E-state index contributed by atoms with van der Waals surface area (Å²) < 4.78 is 11.9. The molecule has 0 spiro atoms. The Bertz CT molecular complexity index is 1620. The fourth-order valence-corrected chi connectivity index (χ4v) is 17.5. The van der Waals surface area contributed by atoms with Crippen LogP contribution in [0, 0.1) is 89.8 Å². The minimum atomic E-state index is 0. The van der Waals surface area contributed by atoms with Crippen molar-refractivity contribution in [2.45, 2.75) is 330 Å². The number of benzene rings is 2. The molecule has 0 saturated heterocycles. The quantitative estimate of drug-likeness (QED) is 0.287. The molecular weight excluding hydrogens is 1720 g/mol. The third kappa shape index (κ3) is 37.6. The van der Waals surface area contributed by atoms with E-state index in [9.17, 15) is 0 Å². The van der Waals surface area contributed by atoms with Gasteiger partial charge >= 0.3 is 0 Å². The minimum absolute atomic E-state index is 0. The van der Waals surface area contributed by atoms with Gasteiger partial charge in [0.05, 0.1) is 12.2 Å². The topological polar surface area (TPSA) is 18.5 Å². The van der Waals surface area contributed by atoms with E-state index in [1.54, 1.807) is 51.4 Å². The van der Waals surface area contributed by atoms with Crippen LogP contribution in [-0.2, 0) is 93.7 Å². The third-order valence-corrected chi connectivity index (χ3v) is 22.8. The van der Waals surface area contributed by atoms with Gasteiger partial charge in [0.25, 0.3) is 0 Å². The number of hydrogen-bond donors (Lipinski definition) is 0. The second kappa shape index (κ2) is 52.5. The monoisotopic (exact) mass is 1850 g/mol. The molecule has 2 aromatic carbocycles. The van der Waals surface area contributed by atoms with Gasteiger partial charge in [0.1, 0.15) is 0 Å². The molecule has 0 amide bonds. The molecule has 0 bridgehead atoms. The van der Waals surface area contributed by atoms with Crippen LogP contribution in [0.1, 0.15) is 317 Å². The Morgan fingerprint density at radius 3 is 0.788 bits per heavy atom. The summed E-state index contributed by atoms with van der Waals surface area (Å²) in [5.74, 6) is 14.1. The second-order valence-corrected chi connectivity index (χ2v) is 30.1. The van der Waals surface area contributed by atoms with Crippen molar-refractivity contribution in [2.75, 3.05) is 14.2 Å². The van der Waals surface area contributed by atoms with Gasteiger partial charge in [-0.15, -0.1) is 0 Å². The van der Waals surface area contributed by atoms with Crippen LogP contribution in [0.5, 0.6) is 0 Å². The Hall–Kier alpha value is 1.11. The van der Waals surface area contributed by atoms with Crippen LogP contribution in [0.25, 0.3) is 0 Å². The number of ether oxygens (including phenoxy) is 2. The summed E-state index contributed by atoms with van der Waals surface area (Å²) in [4.78, 5) is 0. The molecule has 10 aliphatic carbocycles. The molecule has 0 radical (unpaired) electrons. The largest absolute Gasteiger partial charge is 0.381 e. The van der Waals surface area contributed by atoms with Crippen LogP contribution in [0.4, 0.5) is 0 Å². The first-order chi connectivity index (χ1) is 39.5. The summed E-state index contributed by atoms with van der Waals surface area (Å²) in [7, 11) is 3.89. The van der Waals surface area contributed by atoms with E-state index in [1.807, 2.05) is 68.8 Å². The van der Waals surface area contributed by atoms with Gasteiger partial charge in [0.15, 0.2) is 0 Å². The molecule has 10 aliphatic rings. The summed E-state index contributed by atoms with van der Waals surface area (Å²) in [5, 5.41) is 0. The summed E-state index contributed by atoms with van der Waals surface area (Å²) in [6, 6.07) is 22.3. The van der Waals surface area contributed by atoms with Gasteiger partial charge in [-0.05, 0) is 148 Å². The third-order valence-electron chi connectivity index (χ3n) is 22.8. The van der Waals surface area contributed by atoms with E-state index in [-0.39, 0.29) is 84.3 Å². The van der Waals surface area contributed by atoms with Gasteiger partial charge in [-0.25, -0.2) is 0 Å². The Labute approximate surface area is 588 Å². The molecular formula is C79H138O2W4. The predicted octanol–water partition coefficient (Wildman–Crippen LogP) is 24.9. The molecule has 12 rings (SSSR count). The fourth-order valence-electron chi connectivity index (χ4n) is 17.5. The smallest absolute Gasteiger partial charge is 0.0576 e. The number of aryl methyl sites for hydroxylation is 1. The molecule has 8 atom stereocenters. The van der Waals surface area contributed by atoms with Gasteiger partial charge < -0.3 is 9.47 Å². The van der Waals surface area contributed by atoms with Crippen LogP contribution < -0.4 is 0 Å².